The van der Waals surface area contributed by atoms with Crippen LogP contribution in [-0.4, -0.2) is 22.6 Å². The minimum atomic E-state index is -0.0413. The van der Waals surface area contributed by atoms with Gasteiger partial charge < -0.3 is 9.84 Å². The van der Waals surface area contributed by atoms with Crippen LogP contribution in [0.3, 0.4) is 0 Å². The molecule has 1 fully saturated rings. The van der Waals surface area contributed by atoms with Gasteiger partial charge in [0.1, 0.15) is 0 Å². The van der Waals surface area contributed by atoms with E-state index in [1.54, 1.807) is 13.0 Å². The molecule has 1 N–H and O–H groups in total. The van der Waals surface area contributed by atoms with Crippen molar-refractivity contribution in [3.8, 4) is 0 Å². The molecule has 1 amide bonds. The van der Waals surface area contributed by atoms with E-state index in [9.17, 15) is 4.79 Å². The molecule has 1 aliphatic carbocycles. The lowest BCUT2D eigenvalue weighted by atomic mass is 10.1. The van der Waals surface area contributed by atoms with E-state index in [0.717, 1.165) is 12.0 Å². The van der Waals surface area contributed by atoms with Crippen molar-refractivity contribution in [2.24, 2.45) is 5.92 Å². The maximum atomic E-state index is 12.1. The van der Waals surface area contributed by atoms with Gasteiger partial charge in [-0.2, -0.15) is 4.98 Å². The molecular formula is C15H15Cl2N3O2. The number of benzene rings is 1. The van der Waals surface area contributed by atoms with Gasteiger partial charge in [0.05, 0.1) is 10.0 Å². The molecule has 2 atom stereocenters. The van der Waals surface area contributed by atoms with Crippen molar-refractivity contribution in [3.63, 3.8) is 0 Å². The second kappa shape index (κ2) is 6.26. The van der Waals surface area contributed by atoms with E-state index < -0.39 is 0 Å². The molecule has 0 aliphatic heterocycles. The Labute approximate surface area is 138 Å². The van der Waals surface area contributed by atoms with E-state index in [1.807, 2.05) is 12.1 Å². The molecule has 1 aliphatic rings. The van der Waals surface area contributed by atoms with Crippen molar-refractivity contribution in [2.45, 2.75) is 25.7 Å². The Bertz CT molecular complexity index is 702. The molecule has 3 rings (SSSR count). The van der Waals surface area contributed by atoms with Crippen LogP contribution in [0.4, 0.5) is 0 Å². The number of hydrogen-bond donors (Lipinski definition) is 1. The number of rotatable bonds is 5. The van der Waals surface area contributed by atoms with Crippen LogP contribution < -0.4 is 5.32 Å². The number of aromatic nitrogens is 2. The molecule has 1 aromatic heterocycles. The third kappa shape index (κ3) is 3.25. The maximum Gasteiger partial charge on any atom is 0.228 e. The average Bonchev–Trinajstić information content (AvgIpc) is 3.18. The first-order valence-electron chi connectivity index (χ1n) is 7.07. The Morgan fingerprint density at radius 3 is 3.00 bits per heavy atom. The Morgan fingerprint density at radius 2 is 2.27 bits per heavy atom. The predicted octanol–water partition coefficient (Wildman–Crippen LogP) is 3.15. The predicted molar refractivity (Wildman–Crippen MR) is 83.1 cm³/mol. The maximum absolute atomic E-state index is 12.1. The van der Waals surface area contributed by atoms with Gasteiger partial charge in [0.25, 0.3) is 0 Å². The number of carbonyl (C=O) groups is 1. The highest BCUT2D eigenvalue weighted by atomic mass is 35.5. The average molecular weight is 340 g/mol. The standard InChI is InChI=1S/C15H15Cl2N3O2/c1-8-19-13(22-20-8)5-6-18-15(21)11-7-10(11)9-3-2-4-12(16)14(9)17/h2-4,10-11H,5-7H2,1H3,(H,18,21)/t10-,11-/m1/s1. The van der Waals surface area contributed by atoms with Gasteiger partial charge in [-0.15, -0.1) is 0 Å². The van der Waals surface area contributed by atoms with Crippen molar-refractivity contribution in [2.75, 3.05) is 6.54 Å². The molecule has 1 saturated carbocycles. The van der Waals surface area contributed by atoms with Gasteiger partial charge in [-0.05, 0) is 30.9 Å². The fraction of sp³-hybridized carbons (Fsp3) is 0.400. The first-order valence-corrected chi connectivity index (χ1v) is 7.82. The number of halogens is 2. The molecule has 116 valence electrons. The molecule has 7 heteroatoms. The van der Waals surface area contributed by atoms with Gasteiger partial charge in [-0.1, -0.05) is 40.5 Å². The molecule has 2 aromatic rings. The fourth-order valence-corrected chi connectivity index (χ4v) is 2.95. The lowest BCUT2D eigenvalue weighted by Gasteiger charge is -2.06. The van der Waals surface area contributed by atoms with Gasteiger partial charge in [0.2, 0.25) is 11.8 Å². The Kier molecular flexibility index (Phi) is 4.36. The Hall–Kier alpha value is -1.59. The summed E-state index contributed by atoms with van der Waals surface area (Å²) in [4.78, 5) is 16.2. The Balaban J connectivity index is 1.51. The zero-order valence-corrected chi connectivity index (χ0v) is 13.5. The van der Waals surface area contributed by atoms with Crippen LogP contribution in [-0.2, 0) is 11.2 Å². The van der Waals surface area contributed by atoms with Crippen LogP contribution in [0.1, 0.15) is 29.6 Å². The third-order valence-electron chi connectivity index (χ3n) is 3.72. The van der Waals surface area contributed by atoms with Crippen molar-refractivity contribution in [1.29, 1.82) is 0 Å². The second-order valence-corrected chi connectivity index (χ2v) is 6.15. The number of carbonyl (C=O) groups excluding carboxylic acids is 1. The van der Waals surface area contributed by atoms with Crippen LogP contribution >= 0.6 is 23.2 Å². The number of hydrogen-bond acceptors (Lipinski definition) is 4. The summed E-state index contributed by atoms with van der Waals surface area (Å²) in [6.45, 7) is 2.24. The summed E-state index contributed by atoms with van der Waals surface area (Å²) >= 11 is 12.2. The van der Waals surface area contributed by atoms with E-state index in [2.05, 4.69) is 15.5 Å². The van der Waals surface area contributed by atoms with Crippen molar-refractivity contribution in [3.05, 3.63) is 45.5 Å². The first kappa shape index (κ1) is 15.3. The van der Waals surface area contributed by atoms with Gasteiger partial charge in [0.15, 0.2) is 5.82 Å². The molecule has 0 radical (unpaired) electrons. The van der Waals surface area contributed by atoms with E-state index >= 15 is 0 Å². The van der Waals surface area contributed by atoms with Crippen LogP contribution in [0.25, 0.3) is 0 Å². The van der Waals surface area contributed by atoms with E-state index in [-0.39, 0.29) is 17.7 Å². The minimum absolute atomic E-state index is 0.0253. The molecule has 1 aromatic carbocycles. The minimum Gasteiger partial charge on any atom is -0.355 e. The van der Waals surface area contributed by atoms with E-state index in [1.165, 1.54) is 0 Å². The summed E-state index contributed by atoms with van der Waals surface area (Å²) in [7, 11) is 0. The highest BCUT2D eigenvalue weighted by Crippen LogP contribution is 2.50. The molecule has 0 saturated heterocycles. The van der Waals surface area contributed by atoms with Crippen LogP contribution in [0, 0.1) is 12.8 Å². The monoisotopic (exact) mass is 339 g/mol. The van der Waals surface area contributed by atoms with Crippen LogP contribution in [0.15, 0.2) is 22.7 Å². The lowest BCUT2D eigenvalue weighted by molar-refractivity contribution is -0.122. The molecule has 22 heavy (non-hydrogen) atoms. The second-order valence-electron chi connectivity index (χ2n) is 5.37. The summed E-state index contributed by atoms with van der Waals surface area (Å²) in [6.07, 6.45) is 1.33. The lowest BCUT2D eigenvalue weighted by Crippen LogP contribution is -2.27. The molecule has 0 spiro atoms. The number of aryl methyl sites for hydroxylation is 1. The highest BCUT2D eigenvalue weighted by Gasteiger charge is 2.44. The van der Waals surface area contributed by atoms with Crippen molar-refractivity contribution >= 4 is 29.1 Å². The summed E-state index contributed by atoms with van der Waals surface area (Å²) in [5.74, 6) is 1.26. The number of amides is 1. The van der Waals surface area contributed by atoms with Crippen molar-refractivity contribution in [1.82, 2.24) is 15.5 Å². The normalized spacial score (nSPS) is 20.0. The van der Waals surface area contributed by atoms with Crippen LogP contribution in [0.2, 0.25) is 10.0 Å². The number of nitrogens with zero attached hydrogens (tertiary/aromatic N) is 2. The fourth-order valence-electron chi connectivity index (χ4n) is 2.50. The molecule has 0 unspecified atom stereocenters. The van der Waals surface area contributed by atoms with E-state index in [4.69, 9.17) is 27.7 Å². The smallest absolute Gasteiger partial charge is 0.228 e. The SMILES string of the molecule is Cc1noc(CCNC(=O)[C@@H]2C[C@@H]2c2cccc(Cl)c2Cl)n1. The zero-order valence-electron chi connectivity index (χ0n) is 12.0. The summed E-state index contributed by atoms with van der Waals surface area (Å²) < 4.78 is 5.00. The van der Waals surface area contributed by atoms with Gasteiger partial charge in [-0.25, -0.2) is 0 Å². The summed E-state index contributed by atoms with van der Waals surface area (Å²) in [5.41, 5.74) is 0.946. The van der Waals surface area contributed by atoms with Crippen LogP contribution in [0.5, 0.6) is 0 Å². The molecule has 1 heterocycles. The Morgan fingerprint density at radius 1 is 1.45 bits per heavy atom. The highest BCUT2D eigenvalue weighted by molar-refractivity contribution is 6.42. The summed E-state index contributed by atoms with van der Waals surface area (Å²) in [5, 5.41) is 7.67. The quantitative estimate of drug-likeness (QED) is 0.908. The third-order valence-corrected chi connectivity index (χ3v) is 4.55. The molecule has 0 bridgehead atoms. The zero-order chi connectivity index (χ0) is 15.7. The van der Waals surface area contributed by atoms with Gasteiger partial charge in [0, 0.05) is 18.9 Å². The van der Waals surface area contributed by atoms with Gasteiger partial charge in [-0.3, -0.25) is 4.79 Å². The largest absolute Gasteiger partial charge is 0.355 e. The van der Waals surface area contributed by atoms with E-state index in [0.29, 0.717) is 34.7 Å². The summed E-state index contributed by atoms with van der Waals surface area (Å²) in [6, 6.07) is 5.53. The molecular weight excluding hydrogens is 325 g/mol. The van der Waals surface area contributed by atoms with Crippen molar-refractivity contribution < 1.29 is 9.32 Å². The number of nitrogens with one attached hydrogen (secondary N) is 1. The first-order chi connectivity index (χ1) is 10.6. The topological polar surface area (TPSA) is 68.0 Å². The van der Waals surface area contributed by atoms with Gasteiger partial charge >= 0.3 is 0 Å². The molecule has 5 nitrogen and oxygen atoms in total.